The van der Waals surface area contributed by atoms with Crippen LogP contribution in [0.25, 0.3) is 17.2 Å². The molecule has 0 spiro atoms. The van der Waals surface area contributed by atoms with Crippen LogP contribution < -0.4 is 21.1 Å². The summed E-state index contributed by atoms with van der Waals surface area (Å²) in [6.07, 6.45) is -4.23. The largest absolute Gasteiger partial charge is 0.416 e. The van der Waals surface area contributed by atoms with Gasteiger partial charge in [0, 0.05) is 37.7 Å². The summed E-state index contributed by atoms with van der Waals surface area (Å²) >= 11 is 6.18. The van der Waals surface area contributed by atoms with Gasteiger partial charge >= 0.3 is 6.18 Å². The van der Waals surface area contributed by atoms with Crippen LogP contribution in [0.1, 0.15) is 61.5 Å². The van der Waals surface area contributed by atoms with Crippen molar-refractivity contribution in [3.63, 3.8) is 0 Å². The van der Waals surface area contributed by atoms with Gasteiger partial charge in [-0.1, -0.05) is 30.7 Å². The molecule has 3 aliphatic rings. The van der Waals surface area contributed by atoms with E-state index in [9.17, 15) is 22.8 Å². The fourth-order valence-corrected chi connectivity index (χ4v) is 6.90. The summed E-state index contributed by atoms with van der Waals surface area (Å²) < 4.78 is 48.6. The van der Waals surface area contributed by atoms with E-state index in [1.54, 1.807) is 4.57 Å². The number of rotatable bonds is 4. The highest BCUT2D eigenvalue weighted by Gasteiger charge is 2.40. The predicted molar refractivity (Wildman–Crippen MR) is 163 cm³/mol. The maximum absolute atomic E-state index is 14.1. The van der Waals surface area contributed by atoms with Gasteiger partial charge in [0.2, 0.25) is 11.7 Å². The number of amides is 1. The van der Waals surface area contributed by atoms with E-state index < -0.39 is 29.3 Å². The molecule has 0 bridgehead atoms. The van der Waals surface area contributed by atoms with Crippen LogP contribution in [-0.2, 0) is 27.9 Å². The lowest BCUT2D eigenvalue weighted by Crippen LogP contribution is -2.46. The van der Waals surface area contributed by atoms with Gasteiger partial charge in [-0.2, -0.15) is 22.7 Å². The molecule has 10 nitrogen and oxygen atoms in total. The molecule has 3 aliphatic heterocycles. The maximum atomic E-state index is 14.1. The van der Waals surface area contributed by atoms with Gasteiger partial charge in [-0.25, -0.2) is 0 Å². The number of piperazine rings is 1. The van der Waals surface area contributed by atoms with E-state index in [0.29, 0.717) is 62.0 Å². The highest BCUT2D eigenvalue weighted by atomic mass is 35.5. The molecule has 0 aliphatic carbocycles. The summed E-state index contributed by atoms with van der Waals surface area (Å²) in [6, 6.07) is 7.82. The van der Waals surface area contributed by atoms with Gasteiger partial charge in [0.15, 0.2) is 5.82 Å². The quantitative estimate of drug-likeness (QED) is 0.320. The van der Waals surface area contributed by atoms with Crippen LogP contribution in [0.3, 0.4) is 0 Å². The van der Waals surface area contributed by atoms with Crippen molar-refractivity contribution in [3.8, 4) is 11.4 Å². The molecule has 0 unspecified atom stereocenters. The smallest absolute Gasteiger partial charge is 0.366 e. The summed E-state index contributed by atoms with van der Waals surface area (Å²) in [5.41, 5.74) is 2.35. The molecule has 45 heavy (non-hydrogen) atoms. The van der Waals surface area contributed by atoms with Gasteiger partial charge in [-0.15, -0.1) is 5.10 Å². The van der Waals surface area contributed by atoms with Crippen molar-refractivity contribution in [2.24, 2.45) is 0 Å². The molecule has 1 fully saturated rings. The number of ether oxygens (including phenoxy) is 1. The number of benzene rings is 2. The Morgan fingerprint density at radius 2 is 1.91 bits per heavy atom. The number of alkyl halides is 3. The van der Waals surface area contributed by atoms with Gasteiger partial charge in [0.25, 0.3) is 5.56 Å². The number of anilines is 2. The van der Waals surface area contributed by atoms with Gasteiger partial charge in [0.05, 0.1) is 34.2 Å². The van der Waals surface area contributed by atoms with Crippen LogP contribution in [0.15, 0.2) is 41.2 Å². The van der Waals surface area contributed by atoms with Crippen molar-refractivity contribution >= 4 is 34.7 Å². The summed E-state index contributed by atoms with van der Waals surface area (Å²) in [7, 11) is 0. The number of hydrogen-bond donors (Lipinski definition) is 2. The molecule has 2 aromatic carbocycles. The number of nitrogens with zero attached hydrogens (tertiary/aromatic N) is 5. The molecule has 2 N–H and O–H groups in total. The van der Waals surface area contributed by atoms with Crippen molar-refractivity contribution in [2.75, 3.05) is 36.4 Å². The third kappa shape index (κ3) is 4.97. The van der Waals surface area contributed by atoms with Gasteiger partial charge < -0.3 is 20.3 Å². The topological polar surface area (TPSA) is 106 Å². The van der Waals surface area contributed by atoms with Crippen molar-refractivity contribution in [2.45, 2.75) is 57.5 Å². The Balaban J connectivity index is 1.35. The zero-order chi connectivity index (χ0) is 31.8. The molecule has 1 saturated heterocycles. The first-order valence-electron chi connectivity index (χ1n) is 14.8. The molecule has 2 aromatic heterocycles. The highest BCUT2D eigenvalue weighted by Crippen LogP contribution is 2.43. The van der Waals surface area contributed by atoms with E-state index >= 15 is 0 Å². The first kappa shape index (κ1) is 29.8. The lowest BCUT2D eigenvalue weighted by Gasteiger charge is -2.31. The zero-order valence-corrected chi connectivity index (χ0v) is 25.6. The van der Waals surface area contributed by atoms with Crippen LogP contribution in [-0.4, -0.2) is 51.3 Å². The third-order valence-electron chi connectivity index (χ3n) is 8.95. The molecule has 7 rings (SSSR count). The standard InChI is InChI=1S/C31H31ClF3N7O3/c1-16-12-23(27(43)37-22-7-5-19(14-21(22)32)31(33,34)35)41-24(16)25(40-10-8-36-9-11-40)28(44)42-29(41)38-26(39-42)17-4-6-20-18(13-17)15-45-30(20,2)3/h4-7,13-14,16,23,36H,8-12,15H2,1-3H3,(H,37,43)/t16-,23+/m0/s1. The summed E-state index contributed by atoms with van der Waals surface area (Å²) in [4.78, 5) is 34.8. The first-order chi connectivity index (χ1) is 21.3. The first-order valence-corrected chi connectivity index (χ1v) is 15.2. The van der Waals surface area contributed by atoms with Gasteiger partial charge in [-0.3, -0.25) is 14.2 Å². The van der Waals surface area contributed by atoms with Crippen molar-refractivity contribution < 1.29 is 22.7 Å². The van der Waals surface area contributed by atoms with Gasteiger partial charge in [-0.05, 0) is 55.7 Å². The molecular weight excluding hydrogens is 611 g/mol. The second-order valence-corrected chi connectivity index (χ2v) is 12.7. The summed E-state index contributed by atoms with van der Waals surface area (Å²) in [6.45, 7) is 8.99. The Hall–Kier alpha value is -3.94. The molecule has 0 radical (unpaired) electrons. The van der Waals surface area contributed by atoms with E-state index in [2.05, 4.69) is 15.7 Å². The minimum absolute atomic E-state index is 0.0561. The number of hydrogen-bond acceptors (Lipinski definition) is 7. The normalized spacial score (nSPS) is 20.8. The monoisotopic (exact) mass is 641 g/mol. The minimum Gasteiger partial charge on any atom is -0.366 e. The number of nitrogens with one attached hydrogen (secondary N) is 2. The third-order valence-corrected chi connectivity index (χ3v) is 9.26. The Kier molecular flexibility index (Phi) is 6.99. The van der Waals surface area contributed by atoms with Crippen LogP contribution in [0.5, 0.6) is 0 Å². The average Bonchev–Trinajstić information content (AvgIpc) is 3.68. The molecule has 1 amide bonds. The Morgan fingerprint density at radius 1 is 1.16 bits per heavy atom. The fourth-order valence-electron chi connectivity index (χ4n) is 6.67. The van der Waals surface area contributed by atoms with Crippen LogP contribution >= 0.6 is 11.6 Å². The lowest BCUT2D eigenvalue weighted by atomic mass is 9.94. The van der Waals surface area contributed by atoms with E-state index in [4.69, 9.17) is 21.3 Å². The van der Waals surface area contributed by atoms with E-state index in [-0.39, 0.29) is 28.0 Å². The number of aromatic nitrogens is 4. The number of fused-ring (bicyclic) bond motifs is 4. The maximum Gasteiger partial charge on any atom is 0.416 e. The van der Waals surface area contributed by atoms with Crippen LogP contribution in [0.2, 0.25) is 5.02 Å². The van der Waals surface area contributed by atoms with E-state index in [1.165, 1.54) is 4.52 Å². The van der Waals surface area contributed by atoms with E-state index in [0.717, 1.165) is 29.3 Å². The summed E-state index contributed by atoms with van der Waals surface area (Å²) in [5.74, 6) is -0.147. The van der Waals surface area contributed by atoms with Gasteiger partial charge in [0.1, 0.15) is 11.7 Å². The zero-order valence-electron chi connectivity index (χ0n) is 24.8. The molecule has 5 heterocycles. The second-order valence-electron chi connectivity index (χ2n) is 12.3. The SMILES string of the molecule is C[C@H]1C[C@H](C(=O)Nc2ccc(C(F)(F)F)cc2Cl)n2c1c(N1CCNCC1)c(=O)n1nc(-c3ccc4c(c3)COC4(C)C)nc21. The Morgan fingerprint density at radius 3 is 2.62 bits per heavy atom. The molecule has 14 heteroatoms. The number of halogens is 4. The van der Waals surface area contributed by atoms with Crippen molar-refractivity contribution in [1.29, 1.82) is 0 Å². The Labute approximate surface area is 261 Å². The fraction of sp³-hybridized carbons (Fsp3) is 0.419. The Bertz CT molecular complexity index is 1910. The number of carbonyl (C=O) groups is 1. The van der Waals surface area contributed by atoms with Crippen molar-refractivity contribution in [3.05, 3.63) is 74.2 Å². The van der Waals surface area contributed by atoms with Crippen LogP contribution in [0, 0.1) is 0 Å². The van der Waals surface area contributed by atoms with Crippen molar-refractivity contribution in [1.82, 2.24) is 24.5 Å². The predicted octanol–water partition coefficient (Wildman–Crippen LogP) is 5.09. The van der Waals surface area contributed by atoms with Crippen LogP contribution in [0.4, 0.5) is 24.5 Å². The molecular formula is C31H31ClF3N7O3. The highest BCUT2D eigenvalue weighted by molar-refractivity contribution is 6.33. The molecule has 0 saturated carbocycles. The second kappa shape index (κ2) is 10.6. The molecule has 4 aromatic rings. The lowest BCUT2D eigenvalue weighted by molar-refractivity contribution is -0.137. The average molecular weight is 642 g/mol. The van der Waals surface area contributed by atoms with E-state index in [1.807, 2.05) is 43.9 Å². The molecule has 2 atom stereocenters. The summed E-state index contributed by atoms with van der Waals surface area (Å²) in [5, 5.41) is 10.4. The molecule has 236 valence electrons. The minimum atomic E-state index is -4.57. The number of carbonyl (C=O) groups excluding carboxylic acids is 1.